The molecule has 1 heterocycles. The summed E-state index contributed by atoms with van der Waals surface area (Å²) in [4.78, 5) is 0. The molecule has 2 rings (SSSR count). The van der Waals surface area contributed by atoms with Crippen LogP contribution >= 0.6 is 0 Å². The summed E-state index contributed by atoms with van der Waals surface area (Å²) in [6, 6.07) is 6.01. The van der Waals surface area contributed by atoms with E-state index in [0.717, 1.165) is 29.9 Å². The van der Waals surface area contributed by atoms with Gasteiger partial charge in [-0.05, 0) is 44.4 Å². The van der Waals surface area contributed by atoms with Crippen molar-refractivity contribution in [2.75, 3.05) is 26.4 Å². The van der Waals surface area contributed by atoms with Crippen LogP contribution < -0.4 is 15.2 Å². The highest BCUT2D eigenvalue weighted by atomic mass is 16.5. The lowest BCUT2D eigenvalue weighted by atomic mass is 9.84. The van der Waals surface area contributed by atoms with E-state index in [2.05, 4.69) is 0 Å². The van der Waals surface area contributed by atoms with E-state index in [-0.39, 0.29) is 5.54 Å². The van der Waals surface area contributed by atoms with Gasteiger partial charge in [-0.15, -0.1) is 0 Å². The second-order valence-corrected chi connectivity index (χ2v) is 4.80. The first-order chi connectivity index (χ1) is 9.19. The first-order valence-electron chi connectivity index (χ1n) is 6.96. The summed E-state index contributed by atoms with van der Waals surface area (Å²) < 4.78 is 16.6. The van der Waals surface area contributed by atoms with E-state index in [1.165, 1.54) is 0 Å². The van der Waals surface area contributed by atoms with Crippen molar-refractivity contribution >= 4 is 0 Å². The average molecular weight is 265 g/mol. The van der Waals surface area contributed by atoms with Gasteiger partial charge in [0.1, 0.15) is 0 Å². The molecule has 2 N–H and O–H groups in total. The van der Waals surface area contributed by atoms with Crippen LogP contribution in [-0.2, 0) is 10.3 Å². The quantitative estimate of drug-likeness (QED) is 0.888. The molecule has 0 aliphatic carbocycles. The summed E-state index contributed by atoms with van der Waals surface area (Å²) in [5.41, 5.74) is 7.28. The van der Waals surface area contributed by atoms with Crippen molar-refractivity contribution in [2.45, 2.75) is 32.2 Å². The fourth-order valence-corrected chi connectivity index (χ4v) is 2.39. The Kier molecular flexibility index (Phi) is 4.66. The van der Waals surface area contributed by atoms with E-state index in [1.54, 1.807) is 0 Å². The molecule has 0 bridgehead atoms. The van der Waals surface area contributed by atoms with Crippen LogP contribution in [0.3, 0.4) is 0 Å². The minimum absolute atomic E-state index is 0.311. The Bertz CT molecular complexity index is 414. The molecule has 1 aliphatic heterocycles. The van der Waals surface area contributed by atoms with Gasteiger partial charge < -0.3 is 19.9 Å². The molecule has 106 valence electrons. The third kappa shape index (κ3) is 3.19. The smallest absolute Gasteiger partial charge is 0.161 e. The molecule has 4 nitrogen and oxygen atoms in total. The molecule has 1 aliphatic rings. The lowest BCUT2D eigenvalue weighted by Crippen LogP contribution is -2.42. The van der Waals surface area contributed by atoms with E-state index < -0.39 is 0 Å². The van der Waals surface area contributed by atoms with Gasteiger partial charge in [0.2, 0.25) is 0 Å². The van der Waals surface area contributed by atoms with Crippen molar-refractivity contribution < 1.29 is 14.2 Å². The van der Waals surface area contributed by atoms with Crippen LogP contribution in [0.5, 0.6) is 11.5 Å². The van der Waals surface area contributed by atoms with E-state index >= 15 is 0 Å². The summed E-state index contributed by atoms with van der Waals surface area (Å²) in [6.07, 6.45) is 1.68. The SMILES string of the molecule is CCOc1ccc(C2(N)CCOCC2)cc1OCC. The molecule has 1 aromatic carbocycles. The third-order valence-electron chi connectivity index (χ3n) is 3.50. The van der Waals surface area contributed by atoms with Crippen LogP contribution in [0.4, 0.5) is 0 Å². The highest BCUT2D eigenvalue weighted by molar-refractivity contribution is 5.45. The zero-order chi connectivity index (χ0) is 13.7. The zero-order valence-corrected chi connectivity index (χ0v) is 11.8. The average Bonchev–Trinajstić information content (AvgIpc) is 2.42. The maximum Gasteiger partial charge on any atom is 0.161 e. The molecular formula is C15H23NO3. The molecule has 0 spiro atoms. The Balaban J connectivity index is 2.28. The Morgan fingerprint density at radius 3 is 2.37 bits per heavy atom. The summed E-state index contributed by atoms with van der Waals surface area (Å²) in [6.45, 7) is 6.61. The Morgan fingerprint density at radius 2 is 1.74 bits per heavy atom. The number of hydrogen-bond acceptors (Lipinski definition) is 4. The number of hydrogen-bond donors (Lipinski definition) is 1. The van der Waals surface area contributed by atoms with Crippen molar-refractivity contribution in [3.63, 3.8) is 0 Å². The molecule has 0 saturated carbocycles. The second-order valence-electron chi connectivity index (χ2n) is 4.80. The minimum Gasteiger partial charge on any atom is -0.490 e. The van der Waals surface area contributed by atoms with Crippen molar-refractivity contribution in [1.82, 2.24) is 0 Å². The molecule has 1 fully saturated rings. The predicted octanol–water partition coefficient (Wildman–Crippen LogP) is 2.45. The lowest BCUT2D eigenvalue weighted by molar-refractivity contribution is 0.0521. The van der Waals surface area contributed by atoms with Gasteiger partial charge in [-0.25, -0.2) is 0 Å². The molecule has 0 atom stereocenters. The zero-order valence-electron chi connectivity index (χ0n) is 11.8. The van der Waals surface area contributed by atoms with E-state index in [9.17, 15) is 0 Å². The standard InChI is InChI=1S/C15H23NO3/c1-3-18-13-6-5-12(11-14(13)19-4-2)15(16)7-9-17-10-8-15/h5-6,11H,3-4,7-10,16H2,1-2H3. The molecule has 0 aromatic heterocycles. The van der Waals surface area contributed by atoms with Gasteiger partial charge in [0.15, 0.2) is 11.5 Å². The van der Waals surface area contributed by atoms with Gasteiger partial charge in [-0.1, -0.05) is 6.07 Å². The monoisotopic (exact) mass is 265 g/mol. The Labute approximate surface area is 114 Å². The lowest BCUT2D eigenvalue weighted by Gasteiger charge is -2.34. The number of rotatable bonds is 5. The van der Waals surface area contributed by atoms with Crippen molar-refractivity contribution in [3.8, 4) is 11.5 Å². The molecule has 0 unspecified atom stereocenters. The van der Waals surface area contributed by atoms with Crippen LogP contribution in [0.15, 0.2) is 18.2 Å². The van der Waals surface area contributed by atoms with Gasteiger partial charge in [0.25, 0.3) is 0 Å². The van der Waals surface area contributed by atoms with Crippen LogP contribution in [-0.4, -0.2) is 26.4 Å². The Morgan fingerprint density at radius 1 is 1.11 bits per heavy atom. The first kappa shape index (κ1) is 14.2. The van der Waals surface area contributed by atoms with Crippen molar-refractivity contribution in [2.24, 2.45) is 5.73 Å². The van der Waals surface area contributed by atoms with E-state index in [1.807, 2.05) is 32.0 Å². The van der Waals surface area contributed by atoms with Gasteiger partial charge in [0.05, 0.1) is 13.2 Å². The van der Waals surface area contributed by atoms with Crippen LogP contribution in [0.1, 0.15) is 32.3 Å². The summed E-state index contributed by atoms with van der Waals surface area (Å²) in [5, 5.41) is 0. The van der Waals surface area contributed by atoms with Crippen LogP contribution in [0.25, 0.3) is 0 Å². The molecule has 1 aromatic rings. The van der Waals surface area contributed by atoms with Crippen LogP contribution in [0, 0.1) is 0 Å². The third-order valence-corrected chi connectivity index (χ3v) is 3.50. The van der Waals surface area contributed by atoms with Gasteiger partial charge >= 0.3 is 0 Å². The summed E-state index contributed by atoms with van der Waals surface area (Å²) >= 11 is 0. The van der Waals surface area contributed by atoms with E-state index in [0.29, 0.717) is 26.4 Å². The first-order valence-corrected chi connectivity index (χ1v) is 6.96. The van der Waals surface area contributed by atoms with E-state index in [4.69, 9.17) is 19.9 Å². The van der Waals surface area contributed by atoms with Crippen molar-refractivity contribution in [3.05, 3.63) is 23.8 Å². The number of ether oxygens (including phenoxy) is 3. The summed E-state index contributed by atoms with van der Waals surface area (Å²) in [7, 11) is 0. The maximum atomic E-state index is 6.49. The minimum atomic E-state index is -0.311. The van der Waals surface area contributed by atoms with Crippen molar-refractivity contribution in [1.29, 1.82) is 0 Å². The maximum absolute atomic E-state index is 6.49. The molecule has 0 amide bonds. The van der Waals surface area contributed by atoms with Gasteiger partial charge in [-0.3, -0.25) is 0 Å². The van der Waals surface area contributed by atoms with Gasteiger partial charge in [0, 0.05) is 18.8 Å². The number of benzene rings is 1. The topological polar surface area (TPSA) is 53.7 Å². The fraction of sp³-hybridized carbons (Fsp3) is 0.600. The molecule has 19 heavy (non-hydrogen) atoms. The summed E-state index contributed by atoms with van der Waals surface area (Å²) in [5.74, 6) is 1.56. The molecule has 0 radical (unpaired) electrons. The largest absolute Gasteiger partial charge is 0.490 e. The number of nitrogens with two attached hydrogens (primary N) is 1. The second kappa shape index (κ2) is 6.26. The molecular weight excluding hydrogens is 242 g/mol. The highest BCUT2D eigenvalue weighted by Gasteiger charge is 2.30. The van der Waals surface area contributed by atoms with Gasteiger partial charge in [-0.2, -0.15) is 0 Å². The highest BCUT2D eigenvalue weighted by Crippen LogP contribution is 2.35. The molecule has 1 saturated heterocycles. The Hall–Kier alpha value is -1.26. The normalized spacial score (nSPS) is 18.1. The predicted molar refractivity (Wildman–Crippen MR) is 74.7 cm³/mol. The molecule has 4 heteroatoms. The van der Waals surface area contributed by atoms with Crippen LogP contribution in [0.2, 0.25) is 0 Å². The fourth-order valence-electron chi connectivity index (χ4n) is 2.39.